The van der Waals surface area contributed by atoms with E-state index in [1.54, 1.807) is 14.2 Å². The molecule has 0 saturated carbocycles. The minimum atomic E-state index is 0.191. The number of benzene rings is 2. The first kappa shape index (κ1) is 20.2. The van der Waals surface area contributed by atoms with Crippen molar-refractivity contribution in [2.75, 3.05) is 40.9 Å². The molecule has 0 spiro atoms. The summed E-state index contributed by atoms with van der Waals surface area (Å²) in [6.45, 7) is 3.44. The van der Waals surface area contributed by atoms with Crippen molar-refractivity contribution < 1.29 is 14.3 Å². The van der Waals surface area contributed by atoms with Crippen LogP contribution in [0, 0.1) is 0 Å². The molecule has 5 heteroatoms. The maximum absolute atomic E-state index is 12.7. The highest BCUT2D eigenvalue weighted by molar-refractivity contribution is 5.80. The fourth-order valence-corrected chi connectivity index (χ4v) is 3.76. The number of rotatable bonds is 8. The fourth-order valence-electron chi connectivity index (χ4n) is 3.76. The molecule has 0 unspecified atom stereocenters. The Kier molecular flexibility index (Phi) is 6.93. The van der Waals surface area contributed by atoms with Crippen LogP contribution in [0.4, 0.5) is 0 Å². The molecule has 0 saturated heterocycles. The van der Waals surface area contributed by atoms with Crippen LogP contribution >= 0.6 is 0 Å². The van der Waals surface area contributed by atoms with E-state index in [1.807, 2.05) is 23.1 Å². The summed E-state index contributed by atoms with van der Waals surface area (Å²) in [6.07, 6.45) is 2.24. The van der Waals surface area contributed by atoms with Crippen molar-refractivity contribution in [3.05, 3.63) is 59.2 Å². The van der Waals surface area contributed by atoms with Gasteiger partial charge in [0.15, 0.2) is 11.5 Å². The number of carbonyl (C=O) groups is 1. The van der Waals surface area contributed by atoms with Gasteiger partial charge >= 0.3 is 0 Å². The minimum absolute atomic E-state index is 0.191. The highest BCUT2D eigenvalue weighted by Crippen LogP contribution is 2.32. The number of ether oxygens (including phenoxy) is 2. The van der Waals surface area contributed by atoms with E-state index in [0.29, 0.717) is 12.2 Å². The van der Waals surface area contributed by atoms with Gasteiger partial charge in [0.05, 0.1) is 20.6 Å². The lowest BCUT2D eigenvalue weighted by atomic mass is 10.0. The number of hydrogen-bond acceptors (Lipinski definition) is 4. The van der Waals surface area contributed by atoms with Gasteiger partial charge in [0.25, 0.3) is 0 Å². The van der Waals surface area contributed by atoms with Crippen LogP contribution in [0.2, 0.25) is 0 Å². The second-order valence-electron chi connectivity index (χ2n) is 7.36. The SMILES string of the molecule is COc1cc2c(cc1OC)CC(=O)N(CCCN(C)Cc1ccccc1)CC2. The van der Waals surface area contributed by atoms with Gasteiger partial charge in [-0.3, -0.25) is 4.79 Å². The van der Waals surface area contributed by atoms with E-state index in [4.69, 9.17) is 9.47 Å². The van der Waals surface area contributed by atoms with Crippen molar-refractivity contribution in [1.82, 2.24) is 9.80 Å². The summed E-state index contributed by atoms with van der Waals surface area (Å²) in [6, 6.07) is 14.4. The Labute approximate surface area is 167 Å². The third-order valence-corrected chi connectivity index (χ3v) is 5.31. The van der Waals surface area contributed by atoms with Crippen molar-refractivity contribution >= 4 is 5.91 Å². The number of nitrogens with zero attached hydrogens (tertiary/aromatic N) is 2. The molecule has 0 aliphatic carbocycles. The summed E-state index contributed by atoms with van der Waals surface area (Å²) in [5.74, 6) is 1.60. The van der Waals surface area contributed by atoms with Crippen molar-refractivity contribution in [2.24, 2.45) is 0 Å². The number of hydrogen-bond donors (Lipinski definition) is 0. The Morgan fingerprint density at radius 2 is 1.71 bits per heavy atom. The van der Waals surface area contributed by atoms with Crippen LogP contribution in [0.3, 0.4) is 0 Å². The molecule has 5 nitrogen and oxygen atoms in total. The predicted molar refractivity (Wildman–Crippen MR) is 111 cm³/mol. The molecule has 2 aromatic carbocycles. The van der Waals surface area contributed by atoms with Crippen molar-refractivity contribution in [1.29, 1.82) is 0 Å². The smallest absolute Gasteiger partial charge is 0.227 e. The highest BCUT2D eigenvalue weighted by atomic mass is 16.5. The zero-order valence-electron chi connectivity index (χ0n) is 17.1. The first-order valence-corrected chi connectivity index (χ1v) is 9.84. The first-order valence-electron chi connectivity index (χ1n) is 9.84. The molecule has 150 valence electrons. The molecule has 1 amide bonds. The maximum atomic E-state index is 12.7. The van der Waals surface area contributed by atoms with E-state index in [-0.39, 0.29) is 5.91 Å². The summed E-state index contributed by atoms with van der Waals surface area (Å²) in [4.78, 5) is 17.0. The Morgan fingerprint density at radius 1 is 1.04 bits per heavy atom. The molecular weight excluding hydrogens is 352 g/mol. The van der Waals surface area contributed by atoms with Crippen LogP contribution in [-0.4, -0.2) is 56.6 Å². The maximum Gasteiger partial charge on any atom is 0.227 e. The first-order chi connectivity index (χ1) is 13.6. The summed E-state index contributed by atoms with van der Waals surface area (Å²) in [7, 11) is 5.40. The standard InChI is InChI=1S/C23H30N2O3/c1-24(17-18-8-5-4-6-9-18)11-7-12-25-13-10-19-14-21(27-2)22(28-3)15-20(19)16-23(25)26/h4-6,8-9,14-15H,7,10-13,16-17H2,1-3H3. The summed E-state index contributed by atoms with van der Waals surface area (Å²) in [5.41, 5.74) is 3.54. The van der Waals surface area contributed by atoms with Gasteiger partial charge in [-0.05, 0) is 55.3 Å². The molecule has 1 aliphatic heterocycles. The van der Waals surface area contributed by atoms with Gasteiger partial charge < -0.3 is 19.3 Å². The molecule has 0 aromatic heterocycles. The molecule has 0 N–H and O–H groups in total. The Morgan fingerprint density at radius 3 is 2.39 bits per heavy atom. The fraction of sp³-hybridized carbons (Fsp3) is 0.435. The molecule has 0 bridgehead atoms. The summed E-state index contributed by atoms with van der Waals surface area (Å²) < 4.78 is 10.8. The van der Waals surface area contributed by atoms with E-state index in [1.165, 1.54) is 11.1 Å². The van der Waals surface area contributed by atoms with Crippen LogP contribution in [0.1, 0.15) is 23.1 Å². The Balaban J connectivity index is 1.54. The van der Waals surface area contributed by atoms with Crippen LogP contribution in [0.5, 0.6) is 11.5 Å². The molecular formula is C23H30N2O3. The largest absolute Gasteiger partial charge is 0.493 e. The van der Waals surface area contributed by atoms with Crippen LogP contribution < -0.4 is 9.47 Å². The van der Waals surface area contributed by atoms with E-state index >= 15 is 0 Å². The quantitative estimate of drug-likeness (QED) is 0.703. The molecule has 1 heterocycles. The molecule has 0 fully saturated rings. The van der Waals surface area contributed by atoms with E-state index < -0.39 is 0 Å². The van der Waals surface area contributed by atoms with Crippen molar-refractivity contribution in [2.45, 2.75) is 25.8 Å². The average Bonchev–Trinajstić information content (AvgIpc) is 2.85. The number of amides is 1. The van der Waals surface area contributed by atoms with Crippen molar-refractivity contribution in [3.63, 3.8) is 0 Å². The number of methoxy groups -OCH3 is 2. The Bertz CT molecular complexity index is 792. The monoisotopic (exact) mass is 382 g/mol. The third kappa shape index (κ3) is 5.04. The van der Waals surface area contributed by atoms with E-state index in [2.05, 4.69) is 36.2 Å². The van der Waals surface area contributed by atoms with Gasteiger partial charge in [-0.2, -0.15) is 0 Å². The van der Waals surface area contributed by atoms with Gasteiger partial charge in [-0.1, -0.05) is 30.3 Å². The molecule has 0 radical (unpaired) electrons. The van der Waals surface area contributed by atoms with Gasteiger partial charge in [-0.15, -0.1) is 0 Å². The second kappa shape index (κ2) is 9.60. The third-order valence-electron chi connectivity index (χ3n) is 5.31. The second-order valence-corrected chi connectivity index (χ2v) is 7.36. The summed E-state index contributed by atoms with van der Waals surface area (Å²) >= 11 is 0. The molecule has 0 atom stereocenters. The lowest BCUT2D eigenvalue weighted by molar-refractivity contribution is -0.130. The minimum Gasteiger partial charge on any atom is -0.493 e. The summed E-state index contributed by atoms with van der Waals surface area (Å²) in [5, 5.41) is 0. The van der Waals surface area contributed by atoms with Gasteiger partial charge in [0.2, 0.25) is 5.91 Å². The van der Waals surface area contributed by atoms with Crippen LogP contribution in [0.25, 0.3) is 0 Å². The normalized spacial score (nSPS) is 14.0. The van der Waals surface area contributed by atoms with Crippen LogP contribution in [-0.2, 0) is 24.2 Å². The van der Waals surface area contributed by atoms with Gasteiger partial charge in [0, 0.05) is 19.6 Å². The van der Waals surface area contributed by atoms with E-state index in [9.17, 15) is 4.79 Å². The molecule has 1 aliphatic rings. The molecule has 2 aromatic rings. The number of carbonyl (C=O) groups excluding carboxylic acids is 1. The van der Waals surface area contributed by atoms with Crippen molar-refractivity contribution in [3.8, 4) is 11.5 Å². The highest BCUT2D eigenvalue weighted by Gasteiger charge is 2.22. The topological polar surface area (TPSA) is 42.0 Å². The lowest BCUT2D eigenvalue weighted by Crippen LogP contribution is -2.34. The Hall–Kier alpha value is -2.53. The van der Waals surface area contributed by atoms with Crippen LogP contribution in [0.15, 0.2) is 42.5 Å². The lowest BCUT2D eigenvalue weighted by Gasteiger charge is -2.23. The number of fused-ring (bicyclic) bond motifs is 1. The molecule has 3 rings (SSSR count). The average molecular weight is 383 g/mol. The van der Waals surface area contributed by atoms with E-state index in [0.717, 1.165) is 50.3 Å². The zero-order valence-corrected chi connectivity index (χ0v) is 17.1. The predicted octanol–water partition coefficient (Wildman–Crippen LogP) is 3.15. The van der Waals surface area contributed by atoms with Gasteiger partial charge in [0.1, 0.15) is 0 Å². The zero-order chi connectivity index (χ0) is 19.9. The molecule has 28 heavy (non-hydrogen) atoms. The van der Waals surface area contributed by atoms with Gasteiger partial charge in [-0.25, -0.2) is 0 Å².